The van der Waals surface area contributed by atoms with Crippen LogP contribution in [0.3, 0.4) is 0 Å². The maximum Gasteiger partial charge on any atom is 0.227 e. The van der Waals surface area contributed by atoms with Crippen LogP contribution < -0.4 is 5.32 Å². The summed E-state index contributed by atoms with van der Waals surface area (Å²) in [7, 11) is 0. The molecular formula is C17H24N2O2. The van der Waals surface area contributed by atoms with Gasteiger partial charge in [0.2, 0.25) is 11.8 Å². The van der Waals surface area contributed by atoms with E-state index in [9.17, 15) is 9.59 Å². The van der Waals surface area contributed by atoms with Gasteiger partial charge in [0.15, 0.2) is 0 Å². The molecule has 114 valence electrons. The first-order valence-electron chi connectivity index (χ1n) is 7.63. The molecule has 0 saturated carbocycles. The van der Waals surface area contributed by atoms with Crippen molar-refractivity contribution in [3.8, 4) is 0 Å². The van der Waals surface area contributed by atoms with Crippen LogP contribution in [0, 0.1) is 5.92 Å². The SMILES string of the molecule is CC(=O)N1CCC(C(=O)Nc2ccc(C(C)C)cc2)CC1. The van der Waals surface area contributed by atoms with Crippen LogP contribution in [-0.2, 0) is 9.59 Å². The second kappa shape index (κ2) is 6.74. The molecule has 4 heteroatoms. The largest absolute Gasteiger partial charge is 0.343 e. The van der Waals surface area contributed by atoms with Crippen molar-refractivity contribution < 1.29 is 9.59 Å². The summed E-state index contributed by atoms with van der Waals surface area (Å²) in [5.74, 6) is 0.657. The number of hydrogen-bond acceptors (Lipinski definition) is 2. The van der Waals surface area contributed by atoms with E-state index in [2.05, 4.69) is 31.3 Å². The third-order valence-electron chi connectivity index (χ3n) is 4.16. The number of likely N-dealkylation sites (tertiary alicyclic amines) is 1. The van der Waals surface area contributed by atoms with Crippen LogP contribution >= 0.6 is 0 Å². The van der Waals surface area contributed by atoms with Crippen LogP contribution in [0.25, 0.3) is 0 Å². The molecule has 1 saturated heterocycles. The van der Waals surface area contributed by atoms with Gasteiger partial charge in [-0.05, 0) is 36.5 Å². The molecule has 0 aromatic heterocycles. The second-order valence-electron chi connectivity index (χ2n) is 6.05. The molecule has 0 bridgehead atoms. The highest BCUT2D eigenvalue weighted by atomic mass is 16.2. The molecule has 1 heterocycles. The lowest BCUT2D eigenvalue weighted by Crippen LogP contribution is -2.40. The van der Waals surface area contributed by atoms with Gasteiger partial charge in [0.1, 0.15) is 0 Å². The van der Waals surface area contributed by atoms with Crippen molar-refractivity contribution in [2.24, 2.45) is 5.92 Å². The number of carbonyl (C=O) groups excluding carboxylic acids is 2. The molecular weight excluding hydrogens is 264 g/mol. The van der Waals surface area contributed by atoms with Crippen molar-refractivity contribution in [2.75, 3.05) is 18.4 Å². The fraction of sp³-hybridized carbons (Fsp3) is 0.529. The Bertz CT molecular complexity index is 500. The number of anilines is 1. The smallest absolute Gasteiger partial charge is 0.227 e. The van der Waals surface area contributed by atoms with Gasteiger partial charge in [-0.2, -0.15) is 0 Å². The van der Waals surface area contributed by atoms with E-state index >= 15 is 0 Å². The molecule has 1 aromatic rings. The fourth-order valence-corrected chi connectivity index (χ4v) is 2.65. The Morgan fingerprint density at radius 1 is 1.14 bits per heavy atom. The van der Waals surface area contributed by atoms with Crippen molar-refractivity contribution in [3.63, 3.8) is 0 Å². The Hall–Kier alpha value is -1.84. The van der Waals surface area contributed by atoms with Crippen molar-refractivity contribution in [1.29, 1.82) is 0 Å². The highest BCUT2D eigenvalue weighted by molar-refractivity contribution is 5.92. The Morgan fingerprint density at radius 3 is 2.19 bits per heavy atom. The molecule has 1 aliphatic rings. The number of benzene rings is 1. The normalized spacial score (nSPS) is 16.1. The van der Waals surface area contributed by atoms with E-state index in [-0.39, 0.29) is 17.7 Å². The first kappa shape index (κ1) is 15.5. The topological polar surface area (TPSA) is 49.4 Å². The number of amides is 2. The third kappa shape index (κ3) is 4.06. The minimum Gasteiger partial charge on any atom is -0.343 e. The highest BCUT2D eigenvalue weighted by Crippen LogP contribution is 2.21. The number of rotatable bonds is 3. The molecule has 1 N–H and O–H groups in total. The zero-order chi connectivity index (χ0) is 15.4. The molecule has 2 amide bonds. The predicted molar refractivity (Wildman–Crippen MR) is 84.1 cm³/mol. The number of carbonyl (C=O) groups is 2. The molecule has 4 nitrogen and oxygen atoms in total. The minimum atomic E-state index is 0.00498. The second-order valence-corrected chi connectivity index (χ2v) is 6.05. The van der Waals surface area contributed by atoms with E-state index in [0.717, 1.165) is 18.5 Å². The summed E-state index contributed by atoms with van der Waals surface area (Å²) in [4.78, 5) is 25.3. The average molecular weight is 288 g/mol. The van der Waals surface area contributed by atoms with Gasteiger partial charge in [0, 0.05) is 31.6 Å². The lowest BCUT2D eigenvalue weighted by Gasteiger charge is -2.30. The maximum atomic E-state index is 12.2. The van der Waals surface area contributed by atoms with Gasteiger partial charge >= 0.3 is 0 Å². The predicted octanol–water partition coefficient (Wildman–Crippen LogP) is 3.01. The van der Waals surface area contributed by atoms with Gasteiger partial charge in [-0.15, -0.1) is 0 Å². The zero-order valence-corrected chi connectivity index (χ0v) is 13.1. The Labute approximate surface area is 126 Å². The molecule has 1 fully saturated rings. The van der Waals surface area contributed by atoms with E-state index in [4.69, 9.17) is 0 Å². The van der Waals surface area contributed by atoms with Gasteiger partial charge < -0.3 is 10.2 Å². The Balaban J connectivity index is 1.88. The van der Waals surface area contributed by atoms with Crippen LogP contribution in [0.15, 0.2) is 24.3 Å². The first-order valence-corrected chi connectivity index (χ1v) is 7.63. The molecule has 21 heavy (non-hydrogen) atoms. The summed E-state index contributed by atoms with van der Waals surface area (Å²) in [6.07, 6.45) is 1.49. The average Bonchev–Trinajstić information content (AvgIpc) is 2.47. The molecule has 0 radical (unpaired) electrons. The summed E-state index contributed by atoms with van der Waals surface area (Å²) in [5, 5.41) is 2.98. The lowest BCUT2D eigenvalue weighted by molar-refractivity contribution is -0.132. The van der Waals surface area contributed by atoms with Crippen molar-refractivity contribution in [3.05, 3.63) is 29.8 Å². The fourth-order valence-electron chi connectivity index (χ4n) is 2.65. The van der Waals surface area contributed by atoms with E-state index in [1.54, 1.807) is 11.8 Å². The van der Waals surface area contributed by atoms with Crippen LogP contribution in [0.2, 0.25) is 0 Å². The van der Waals surface area contributed by atoms with Gasteiger partial charge in [-0.1, -0.05) is 26.0 Å². The zero-order valence-electron chi connectivity index (χ0n) is 13.1. The Kier molecular flexibility index (Phi) is 4.99. The number of piperidine rings is 1. The molecule has 0 atom stereocenters. The quantitative estimate of drug-likeness (QED) is 0.929. The van der Waals surface area contributed by atoms with Gasteiger partial charge in [0.05, 0.1) is 0 Å². The summed E-state index contributed by atoms with van der Waals surface area (Å²) in [6, 6.07) is 8.02. The summed E-state index contributed by atoms with van der Waals surface area (Å²) in [5.41, 5.74) is 2.11. The van der Waals surface area contributed by atoms with E-state index < -0.39 is 0 Å². The molecule has 1 aromatic carbocycles. The van der Waals surface area contributed by atoms with Gasteiger partial charge in [-0.3, -0.25) is 9.59 Å². The summed E-state index contributed by atoms with van der Waals surface area (Å²) in [6.45, 7) is 7.24. The summed E-state index contributed by atoms with van der Waals surface area (Å²) < 4.78 is 0. The van der Waals surface area contributed by atoms with Crippen molar-refractivity contribution >= 4 is 17.5 Å². The number of hydrogen-bond donors (Lipinski definition) is 1. The minimum absolute atomic E-state index is 0.00498. The van der Waals surface area contributed by atoms with Gasteiger partial charge in [0.25, 0.3) is 0 Å². The van der Waals surface area contributed by atoms with Crippen LogP contribution in [-0.4, -0.2) is 29.8 Å². The molecule has 0 unspecified atom stereocenters. The highest BCUT2D eigenvalue weighted by Gasteiger charge is 2.25. The molecule has 0 aliphatic carbocycles. The van der Waals surface area contributed by atoms with Crippen LogP contribution in [0.1, 0.15) is 45.1 Å². The monoisotopic (exact) mass is 288 g/mol. The molecule has 2 rings (SSSR count). The lowest BCUT2D eigenvalue weighted by atomic mass is 9.95. The van der Waals surface area contributed by atoms with E-state index in [1.165, 1.54) is 5.56 Å². The van der Waals surface area contributed by atoms with Crippen molar-refractivity contribution in [2.45, 2.75) is 39.5 Å². The van der Waals surface area contributed by atoms with E-state index in [0.29, 0.717) is 19.0 Å². The third-order valence-corrected chi connectivity index (χ3v) is 4.16. The first-order chi connectivity index (χ1) is 9.97. The van der Waals surface area contributed by atoms with Crippen LogP contribution in [0.5, 0.6) is 0 Å². The molecule has 0 spiro atoms. The summed E-state index contributed by atoms with van der Waals surface area (Å²) >= 11 is 0. The Morgan fingerprint density at radius 2 is 1.71 bits per heavy atom. The standard InChI is InChI=1S/C17H24N2O2/c1-12(2)14-4-6-16(7-5-14)18-17(21)15-8-10-19(11-9-15)13(3)20/h4-7,12,15H,8-11H2,1-3H3,(H,18,21). The van der Waals surface area contributed by atoms with E-state index in [1.807, 2.05) is 12.1 Å². The number of nitrogens with zero attached hydrogens (tertiary/aromatic N) is 1. The maximum absolute atomic E-state index is 12.2. The number of nitrogens with one attached hydrogen (secondary N) is 1. The molecule has 1 aliphatic heterocycles. The van der Waals surface area contributed by atoms with Crippen molar-refractivity contribution in [1.82, 2.24) is 4.90 Å². The van der Waals surface area contributed by atoms with Crippen LogP contribution in [0.4, 0.5) is 5.69 Å². The van der Waals surface area contributed by atoms with Gasteiger partial charge in [-0.25, -0.2) is 0 Å².